The standard InChI is InChI=1S/C14H22N4O2/c1-8(2)13(15)14(20)16-7-12(19)18-11-6-9(3)5-10(4)17-11/h5-6,8,13H,7,15H2,1-4H3,(H,16,20)(H,17,18,19)/t13-/m0/s1. The second-order valence-corrected chi connectivity index (χ2v) is 5.21. The van der Waals surface area contributed by atoms with Gasteiger partial charge in [0, 0.05) is 5.69 Å². The summed E-state index contributed by atoms with van der Waals surface area (Å²) < 4.78 is 0. The second-order valence-electron chi connectivity index (χ2n) is 5.21. The molecular weight excluding hydrogens is 256 g/mol. The van der Waals surface area contributed by atoms with Crippen molar-refractivity contribution >= 4 is 17.6 Å². The average Bonchev–Trinajstić information content (AvgIpc) is 2.33. The Morgan fingerprint density at radius 1 is 1.30 bits per heavy atom. The molecular formula is C14H22N4O2. The Balaban J connectivity index is 2.50. The lowest BCUT2D eigenvalue weighted by Crippen LogP contribution is -2.46. The third-order valence-corrected chi connectivity index (χ3v) is 2.81. The minimum absolute atomic E-state index is 0.0270. The normalized spacial score (nSPS) is 12.1. The van der Waals surface area contributed by atoms with Gasteiger partial charge in [-0.05, 0) is 37.5 Å². The zero-order valence-corrected chi connectivity index (χ0v) is 12.4. The van der Waals surface area contributed by atoms with Crippen LogP contribution in [0.2, 0.25) is 0 Å². The summed E-state index contributed by atoms with van der Waals surface area (Å²) in [5, 5.41) is 5.15. The number of aromatic nitrogens is 1. The molecule has 4 N–H and O–H groups in total. The summed E-state index contributed by atoms with van der Waals surface area (Å²) >= 11 is 0. The highest BCUT2D eigenvalue weighted by molar-refractivity contribution is 5.94. The number of nitrogens with zero attached hydrogens (tertiary/aromatic N) is 1. The summed E-state index contributed by atoms with van der Waals surface area (Å²) in [6, 6.07) is 3.08. The topological polar surface area (TPSA) is 97.1 Å². The van der Waals surface area contributed by atoms with Gasteiger partial charge in [0.25, 0.3) is 0 Å². The Morgan fingerprint density at radius 2 is 1.95 bits per heavy atom. The fourth-order valence-electron chi connectivity index (χ4n) is 1.68. The van der Waals surface area contributed by atoms with Crippen molar-refractivity contribution in [2.75, 3.05) is 11.9 Å². The zero-order chi connectivity index (χ0) is 15.3. The van der Waals surface area contributed by atoms with Crippen LogP contribution in [0.3, 0.4) is 0 Å². The maximum absolute atomic E-state index is 11.7. The molecule has 0 aromatic carbocycles. The monoisotopic (exact) mass is 278 g/mol. The third-order valence-electron chi connectivity index (χ3n) is 2.81. The third kappa shape index (κ3) is 4.97. The average molecular weight is 278 g/mol. The van der Waals surface area contributed by atoms with E-state index in [2.05, 4.69) is 15.6 Å². The maximum Gasteiger partial charge on any atom is 0.244 e. The van der Waals surface area contributed by atoms with Gasteiger partial charge in [-0.15, -0.1) is 0 Å². The molecule has 6 nitrogen and oxygen atoms in total. The number of nitrogens with one attached hydrogen (secondary N) is 2. The zero-order valence-electron chi connectivity index (χ0n) is 12.4. The minimum Gasteiger partial charge on any atom is -0.346 e. The predicted molar refractivity (Wildman–Crippen MR) is 78.2 cm³/mol. The van der Waals surface area contributed by atoms with E-state index in [9.17, 15) is 9.59 Å². The molecule has 1 aromatic rings. The highest BCUT2D eigenvalue weighted by atomic mass is 16.2. The second kappa shape index (κ2) is 7.00. The van der Waals surface area contributed by atoms with E-state index in [4.69, 9.17) is 5.73 Å². The van der Waals surface area contributed by atoms with Crippen LogP contribution in [0.25, 0.3) is 0 Å². The van der Waals surface area contributed by atoms with E-state index in [0.29, 0.717) is 5.82 Å². The van der Waals surface area contributed by atoms with Gasteiger partial charge in [0.1, 0.15) is 5.82 Å². The first kappa shape index (κ1) is 16.1. The molecule has 0 aliphatic heterocycles. The number of carbonyl (C=O) groups excluding carboxylic acids is 2. The molecule has 6 heteroatoms. The Labute approximate surface area is 119 Å². The molecule has 20 heavy (non-hydrogen) atoms. The van der Waals surface area contributed by atoms with Gasteiger partial charge in [-0.1, -0.05) is 13.8 Å². The Hall–Kier alpha value is -1.95. The van der Waals surface area contributed by atoms with E-state index >= 15 is 0 Å². The number of rotatable bonds is 5. The van der Waals surface area contributed by atoms with Crippen LogP contribution in [-0.4, -0.2) is 29.4 Å². The van der Waals surface area contributed by atoms with Crippen molar-refractivity contribution in [2.45, 2.75) is 33.7 Å². The molecule has 0 saturated carbocycles. The van der Waals surface area contributed by atoms with Crippen LogP contribution in [-0.2, 0) is 9.59 Å². The summed E-state index contributed by atoms with van der Waals surface area (Å²) in [6.45, 7) is 7.36. The van der Waals surface area contributed by atoms with Gasteiger partial charge >= 0.3 is 0 Å². The van der Waals surface area contributed by atoms with Crippen molar-refractivity contribution in [2.24, 2.45) is 11.7 Å². The summed E-state index contributed by atoms with van der Waals surface area (Å²) in [5.74, 6) is -0.149. The molecule has 1 aromatic heterocycles. The van der Waals surface area contributed by atoms with Gasteiger partial charge in [0.2, 0.25) is 11.8 Å². The molecule has 0 bridgehead atoms. The quantitative estimate of drug-likeness (QED) is 0.740. The number of nitrogens with two attached hydrogens (primary N) is 1. The molecule has 2 amide bonds. The molecule has 1 atom stereocenters. The smallest absolute Gasteiger partial charge is 0.244 e. The summed E-state index contributed by atoms with van der Waals surface area (Å²) in [4.78, 5) is 27.5. The van der Waals surface area contributed by atoms with Crippen molar-refractivity contribution in [3.05, 3.63) is 23.4 Å². The Kier molecular flexibility index (Phi) is 5.64. The van der Waals surface area contributed by atoms with Gasteiger partial charge in [-0.25, -0.2) is 4.98 Å². The van der Waals surface area contributed by atoms with Crippen molar-refractivity contribution in [1.29, 1.82) is 0 Å². The fourth-order valence-corrected chi connectivity index (χ4v) is 1.68. The largest absolute Gasteiger partial charge is 0.346 e. The lowest BCUT2D eigenvalue weighted by molar-refractivity contribution is -0.125. The molecule has 1 heterocycles. The Morgan fingerprint density at radius 3 is 2.50 bits per heavy atom. The van der Waals surface area contributed by atoms with Crippen molar-refractivity contribution in [3.8, 4) is 0 Å². The first-order valence-electron chi connectivity index (χ1n) is 6.58. The number of anilines is 1. The number of hydrogen-bond donors (Lipinski definition) is 3. The van der Waals surface area contributed by atoms with E-state index in [1.807, 2.05) is 33.8 Å². The van der Waals surface area contributed by atoms with Gasteiger partial charge in [0.15, 0.2) is 0 Å². The lowest BCUT2D eigenvalue weighted by Gasteiger charge is -2.15. The molecule has 110 valence electrons. The van der Waals surface area contributed by atoms with Crippen LogP contribution < -0.4 is 16.4 Å². The van der Waals surface area contributed by atoms with E-state index in [1.54, 1.807) is 6.07 Å². The molecule has 0 unspecified atom stereocenters. The first-order chi connectivity index (χ1) is 9.29. The van der Waals surface area contributed by atoms with E-state index in [0.717, 1.165) is 11.3 Å². The van der Waals surface area contributed by atoms with Crippen LogP contribution in [0.1, 0.15) is 25.1 Å². The van der Waals surface area contributed by atoms with Crippen LogP contribution in [0.15, 0.2) is 12.1 Å². The van der Waals surface area contributed by atoms with Crippen LogP contribution in [0, 0.1) is 19.8 Å². The van der Waals surface area contributed by atoms with Gasteiger partial charge in [-0.3, -0.25) is 9.59 Å². The lowest BCUT2D eigenvalue weighted by atomic mass is 10.1. The van der Waals surface area contributed by atoms with Crippen molar-refractivity contribution < 1.29 is 9.59 Å². The molecule has 0 radical (unpaired) electrons. The molecule has 0 aliphatic rings. The summed E-state index contributed by atoms with van der Waals surface area (Å²) in [7, 11) is 0. The fraction of sp³-hybridized carbons (Fsp3) is 0.500. The van der Waals surface area contributed by atoms with Crippen LogP contribution >= 0.6 is 0 Å². The molecule has 1 rings (SSSR count). The van der Waals surface area contributed by atoms with Gasteiger partial charge in [0.05, 0.1) is 12.6 Å². The highest BCUT2D eigenvalue weighted by Crippen LogP contribution is 2.08. The molecule has 0 saturated heterocycles. The minimum atomic E-state index is -0.609. The van der Waals surface area contributed by atoms with Crippen LogP contribution in [0.5, 0.6) is 0 Å². The molecule has 0 spiro atoms. The van der Waals surface area contributed by atoms with Crippen LogP contribution in [0.4, 0.5) is 5.82 Å². The predicted octanol–water partition coefficient (Wildman–Crippen LogP) is 0.736. The summed E-state index contributed by atoms with van der Waals surface area (Å²) in [6.07, 6.45) is 0. The van der Waals surface area contributed by atoms with Crippen molar-refractivity contribution in [3.63, 3.8) is 0 Å². The summed E-state index contributed by atoms with van der Waals surface area (Å²) in [5.41, 5.74) is 7.52. The van der Waals surface area contributed by atoms with E-state index in [1.165, 1.54) is 0 Å². The van der Waals surface area contributed by atoms with Gasteiger partial charge in [-0.2, -0.15) is 0 Å². The maximum atomic E-state index is 11.7. The molecule has 0 fully saturated rings. The number of amides is 2. The SMILES string of the molecule is Cc1cc(C)nc(NC(=O)CNC(=O)[C@@H](N)C(C)C)c1. The van der Waals surface area contributed by atoms with E-state index in [-0.39, 0.29) is 24.3 Å². The van der Waals surface area contributed by atoms with E-state index < -0.39 is 6.04 Å². The number of aryl methyl sites for hydroxylation is 2. The number of carbonyl (C=O) groups is 2. The highest BCUT2D eigenvalue weighted by Gasteiger charge is 2.17. The first-order valence-corrected chi connectivity index (χ1v) is 6.58. The Bertz CT molecular complexity index is 480. The van der Waals surface area contributed by atoms with Crippen molar-refractivity contribution in [1.82, 2.24) is 10.3 Å². The van der Waals surface area contributed by atoms with Gasteiger partial charge < -0.3 is 16.4 Å². The number of pyridine rings is 1. The number of hydrogen-bond acceptors (Lipinski definition) is 4. The molecule has 0 aliphatic carbocycles.